The lowest BCUT2D eigenvalue weighted by Crippen LogP contribution is -2.29. The minimum absolute atomic E-state index is 0.0128. The third kappa shape index (κ3) is 3.59. The number of thioether (sulfide) groups is 1. The molecule has 0 saturated carbocycles. The van der Waals surface area contributed by atoms with E-state index in [-0.39, 0.29) is 12.0 Å². The number of methoxy groups -OCH3 is 1. The molecule has 1 saturated heterocycles. The zero-order chi connectivity index (χ0) is 16.4. The zero-order valence-corrected chi connectivity index (χ0v) is 14.8. The van der Waals surface area contributed by atoms with Crippen molar-refractivity contribution in [3.63, 3.8) is 0 Å². The van der Waals surface area contributed by atoms with Gasteiger partial charge >= 0.3 is 0 Å². The molecule has 1 aromatic rings. The number of carbonyl (C=O) groups is 1. The number of hydrogen-bond acceptors (Lipinski definition) is 5. The lowest BCUT2D eigenvalue weighted by molar-refractivity contribution is -0.122. The number of ether oxygens (including phenoxy) is 2. The highest BCUT2D eigenvalue weighted by Gasteiger charge is 2.31. The molecule has 1 fully saturated rings. The van der Waals surface area contributed by atoms with E-state index in [9.17, 15) is 4.79 Å². The lowest BCUT2D eigenvalue weighted by atomic mass is 10.1. The smallest absolute Gasteiger partial charge is 0.266 e. The number of benzene rings is 1. The van der Waals surface area contributed by atoms with Gasteiger partial charge in [-0.05, 0) is 42.7 Å². The summed E-state index contributed by atoms with van der Waals surface area (Å²) >= 11 is 6.69. The van der Waals surface area contributed by atoms with Crippen molar-refractivity contribution < 1.29 is 14.3 Å². The minimum atomic E-state index is -0.0128. The van der Waals surface area contributed by atoms with Gasteiger partial charge in [-0.1, -0.05) is 30.0 Å². The van der Waals surface area contributed by atoms with E-state index in [1.54, 1.807) is 12.0 Å². The molecule has 23 heavy (non-hydrogen) atoms. The Morgan fingerprint density at radius 2 is 2.35 bits per heavy atom. The Kier molecular flexibility index (Phi) is 5.04. The van der Waals surface area contributed by atoms with E-state index in [0.29, 0.717) is 22.4 Å². The summed E-state index contributed by atoms with van der Waals surface area (Å²) in [7, 11) is 1.66. The molecule has 1 unspecified atom stereocenters. The number of thiocarbonyl (C=S) groups is 1. The molecule has 1 atom stereocenters. The Morgan fingerprint density at radius 3 is 3.13 bits per heavy atom. The van der Waals surface area contributed by atoms with Crippen LogP contribution in [0.5, 0.6) is 5.75 Å². The van der Waals surface area contributed by atoms with Gasteiger partial charge in [0.1, 0.15) is 16.2 Å². The number of nitrogens with zero attached hydrogens (tertiary/aromatic N) is 1. The highest BCUT2D eigenvalue weighted by molar-refractivity contribution is 8.26. The van der Waals surface area contributed by atoms with Crippen molar-refractivity contribution in [1.82, 2.24) is 4.90 Å². The first-order valence-corrected chi connectivity index (χ1v) is 8.85. The maximum atomic E-state index is 12.5. The van der Waals surface area contributed by atoms with E-state index < -0.39 is 0 Å². The van der Waals surface area contributed by atoms with Crippen molar-refractivity contribution in [2.75, 3.05) is 20.3 Å². The Hall–Kier alpha value is -1.37. The first-order chi connectivity index (χ1) is 11.1. The molecule has 0 N–H and O–H groups in total. The molecular formula is C17H19NO3S2. The van der Waals surface area contributed by atoms with E-state index in [2.05, 4.69) is 13.0 Å². The van der Waals surface area contributed by atoms with Crippen LogP contribution in [0.1, 0.15) is 24.5 Å². The Labute approximate surface area is 145 Å². The van der Waals surface area contributed by atoms with E-state index in [4.69, 9.17) is 21.7 Å². The Morgan fingerprint density at radius 1 is 1.52 bits per heavy atom. The SMILES string of the molecule is COCCCN1C(=O)/C(=C\c2ccc3c(c2)CC(C)O3)SC1=S. The van der Waals surface area contributed by atoms with Crippen LogP contribution in [0.25, 0.3) is 6.08 Å². The van der Waals surface area contributed by atoms with Gasteiger partial charge in [0, 0.05) is 26.7 Å². The molecule has 2 aliphatic heterocycles. The largest absolute Gasteiger partial charge is 0.490 e. The lowest BCUT2D eigenvalue weighted by Gasteiger charge is -2.13. The van der Waals surface area contributed by atoms with Crippen LogP contribution in [0.15, 0.2) is 23.1 Å². The molecule has 6 heteroatoms. The van der Waals surface area contributed by atoms with E-state index in [0.717, 1.165) is 24.2 Å². The maximum Gasteiger partial charge on any atom is 0.266 e. The van der Waals surface area contributed by atoms with Crippen molar-refractivity contribution in [2.45, 2.75) is 25.9 Å². The van der Waals surface area contributed by atoms with Gasteiger partial charge in [0.2, 0.25) is 0 Å². The number of carbonyl (C=O) groups excluding carboxylic acids is 1. The average molecular weight is 349 g/mol. The molecule has 0 spiro atoms. The molecular weight excluding hydrogens is 330 g/mol. The standard InChI is InChI=1S/C17H19NO3S2/c1-11-8-13-9-12(4-5-14(13)21-11)10-15-16(19)18(17(22)23-15)6-3-7-20-2/h4-5,9-11H,3,6-8H2,1-2H3/b15-10+. The molecule has 0 radical (unpaired) electrons. The molecule has 122 valence electrons. The molecule has 2 aliphatic rings. The van der Waals surface area contributed by atoms with Crippen molar-refractivity contribution in [3.05, 3.63) is 34.2 Å². The Balaban J connectivity index is 1.74. The van der Waals surface area contributed by atoms with Crippen LogP contribution >= 0.6 is 24.0 Å². The third-order valence-electron chi connectivity index (χ3n) is 3.82. The van der Waals surface area contributed by atoms with E-state index in [1.165, 1.54) is 17.3 Å². The number of rotatable bonds is 5. The summed E-state index contributed by atoms with van der Waals surface area (Å²) in [5.41, 5.74) is 2.21. The van der Waals surface area contributed by atoms with Crippen LogP contribution in [0.3, 0.4) is 0 Å². The predicted octanol–water partition coefficient (Wildman–Crippen LogP) is 3.25. The van der Waals surface area contributed by atoms with Crippen molar-refractivity contribution in [3.8, 4) is 5.75 Å². The second-order valence-corrected chi connectivity index (χ2v) is 7.36. The van der Waals surface area contributed by atoms with Crippen molar-refractivity contribution >= 4 is 40.3 Å². The fourth-order valence-corrected chi connectivity index (χ4v) is 4.05. The fraction of sp³-hybridized carbons (Fsp3) is 0.412. The van der Waals surface area contributed by atoms with Crippen LogP contribution in [0.2, 0.25) is 0 Å². The summed E-state index contributed by atoms with van der Waals surface area (Å²) in [5.74, 6) is 0.933. The van der Waals surface area contributed by atoms with E-state index >= 15 is 0 Å². The minimum Gasteiger partial charge on any atom is -0.490 e. The normalized spacial score (nSPS) is 21.9. The highest BCUT2D eigenvalue weighted by Crippen LogP contribution is 2.34. The van der Waals surface area contributed by atoms with Gasteiger partial charge in [-0.2, -0.15) is 0 Å². The van der Waals surface area contributed by atoms with Crippen LogP contribution in [-0.4, -0.2) is 41.5 Å². The van der Waals surface area contributed by atoms with Crippen LogP contribution in [-0.2, 0) is 16.0 Å². The molecule has 0 aliphatic carbocycles. The molecule has 1 amide bonds. The Bertz CT molecular complexity index is 672. The maximum absolute atomic E-state index is 12.5. The summed E-state index contributed by atoms with van der Waals surface area (Å²) in [4.78, 5) is 14.8. The third-order valence-corrected chi connectivity index (χ3v) is 5.20. The quantitative estimate of drug-likeness (QED) is 0.463. The van der Waals surface area contributed by atoms with E-state index in [1.807, 2.05) is 18.2 Å². The molecule has 0 aromatic heterocycles. The fourth-order valence-electron chi connectivity index (χ4n) is 2.74. The summed E-state index contributed by atoms with van der Waals surface area (Å²) in [6.07, 6.45) is 3.83. The van der Waals surface area contributed by atoms with Gasteiger partial charge in [0.15, 0.2) is 0 Å². The monoisotopic (exact) mass is 349 g/mol. The van der Waals surface area contributed by atoms with Crippen LogP contribution < -0.4 is 4.74 Å². The summed E-state index contributed by atoms with van der Waals surface area (Å²) in [6.45, 7) is 3.29. The molecule has 1 aromatic carbocycles. The molecule has 4 nitrogen and oxygen atoms in total. The van der Waals surface area contributed by atoms with Gasteiger partial charge in [-0.15, -0.1) is 0 Å². The summed E-state index contributed by atoms with van der Waals surface area (Å²) in [5, 5.41) is 0. The molecule has 2 heterocycles. The first kappa shape index (κ1) is 16.5. The van der Waals surface area contributed by atoms with Gasteiger partial charge in [0.05, 0.1) is 4.91 Å². The van der Waals surface area contributed by atoms with Gasteiger partial charge < -0.3 is 9.47 Å². The summed E-state index contributed by atoms with van der Waals surface area (Å²) in [6, 6.07) is 6.05. The number of fused-ring (bicyclic) bond motifs is 1. The number of amides is 1. The van der Waals surface area contributed by atoms with Crippen LogP contribution in [0.4, 0.5) is 0 Å². The highest BCUT2D eigenvalue weighted by atomic mass is 32.2. The zero-order valence-electron chi connectivity index (χ0n) is 13.2. The van der Waals surface area contributed by atoms with Crippen molar-refractivity contribution in [1.29, 1.82) is 0 Å². The topological polar surface area (TPSA) is 38.8 Å². The van der Waals surface area contributed by atoms with Gasteiger partial charge in [-0.25, -0.2) is 0 Å². The average Bonchev–Trinajstić information content (AvgIpc) is 3.00. The second-order valence-electron chi connectivity index (χ2n) is 5.68. The number of hydrogen-bond donors (Lipinski definition) is 0. The van der Waals surface area contributed by atoms with Gasteiger partial charge in [0.25, 0.3) is 5.91 Å². The molecule has 3 rings (SSSR count). The first-order valence-electron chi connectivity index (χ1n) is 7.62. The van der Waals surface area contributed by atoms with Crippen LogP contribution in [0, 0.1) is 0 Å². The molecule has 0 bridgehead atoms. The van der Waals surface area contributed by atoms with Crippen molar-refractivity contribution in [2.24, 2.45) is 0 Å². The second kappa shape index (κ2) is 7.03. The summed E-state index contributed by atoms with van der Waals surface area (Å²) < 4.78 is 11.4. The predicted molar refractivity (Wildman–Crippen MR) is 96.6 cm³/mol. The van der Waals surface area contributed by atoms with Gasteiger partial charge in [-0.3, -0.25) is 9.69 Å².